The Kier molecular flexibility index (Phi) is 6.56. The zero-order valence-electron chi connectivity index (χ0n) is 19.3. The number of hydrogen-bond acceptors (Lipinski definition) is 6. The smallest absolute Gasteiger partial charge is 0.376 e. The normalized spacial score (nSPS) is 17.0. The number of halogens is 4. The van der Waals surface area contributed by atoms with Crippen LogP contribution in [0.1, 0.15) is 41.9 Å². The van der Waals surface area contributed by atoms with Crippen molar-refractivity contribution in [3.05, 3.63) is 82.0 Å². The van der Waals surface area contributed by atoms with Gasteiger partial charge in [0.2, 0.25) is 10.0 Å². The second kappa shape index (κ2) is 9.32. The molecule has 1 aliphatic carbocycles. The number of fused-ring (bicyclic) bond motifs is 1. The summed E-state index contributed by atoms with van der Waals surface area (Å²) in [6, 6.07) is 13.5. The van der Waals surface area contributed by atoms with Crippen molar-refractivity contribution in [3.63, 3.8) is 0 Å². The van der Waals surface area contributed by atoms with E-state index in [1.54, 1.807) is 42.5 Å². The molecule has 12 heteroatoms. The summed E-state index contributed by atoms with van der Waals surface area (Å²) in [5.41, 5.74) is -1.63. The lowest BCUT2D eigenvalue weighted by atomic mass is 9.94. The lowest BCUT2D eigenvalue weighted by Crippen LogP contribution is -2.39. The Bertz CT molecular complexity index is 1580. The molecule has 4 aromatic rings. The minimum absolute atomic E-state index is 0.218. The number of hydrogen-bond donors (Lipinski definition) is 2. The summed E-state index contributed by atoms with van der Waals surface area (Å²) < 4.78 is 69.4. The molecule has 1 unspecified atom stereocenters. The van der Waals surface area contributed by atoms with Gasteiger partial charge in [0.25, 0.3) is 0 Å². The molecule has 2 N–H and O–H groups in total. The van der Waals surface area contributed by atoms with Gasteiger partial charge in [0.1, 0.15) is 5.01 Å². The Labute approximate surface area is 220 Å². The maximum Gasteiger partial charge on any atom is 0.421 e. The minimum Gasteiger partial charge on any atom is -0.376 e. The number of benzene rings is 2. The Morgan fingerprint density at radius 1 is 1.14 bits per heavy atom. The number of sulfonamides is 1. The van der Waals surface area contributed by atoms with Gasteiger partial charge in [0.05, 0.1) is 27.2 Å². The number of rotatable bonds is 7. The molecule has 0 radical (unpaired) electrons. The van der Waals surface area contributed by atoms with Gasteiger partial charge in [0.15, 0.2) is 5.60 Å². The molecule has 0 saturated heterocycles. The van der Waals surface area contributed by atoms with Crippen LogP contribution in [0.5, 0.6) is 0 Å². The fourth-order valence-electron chi connectivity index (χ4n) is 3.93. The fraction of sp³-hybridized carbons (Fsp3) is 0.280. The number of thiazole rings is 1. The van der Waals surface area contributed by atoms with Crippen molar-refractivity contribution in [2.45, 2.75) is 42.8 Å². The van der Waals surface area contributed by atoms with E-state index in [1.807, 2.05) is 0 Å². The molecule has 0 spiro atoms. The van der Waals surface area contributed by atoms with Gasteiger partial charge in [-0.1, -0.05) is 41.9 Å². The van der Waals surface area contributed by atoms with Gasteiger partial charge in [-0.3, -0.25) is 4.98 Å². The van der Waals surface area contributed by atoms with E-state index >= 15 is 0 Å². The number of aromatic nitrogens is 2. The first-order valence-corrected chi connectivity index (χ1v) is 14.0. The van der Waals surface area contributed by atoms with Crippen LogP contribution in [0.3, 0.4) is 0 Å². The zero-order chi connectivity index (χ0) is 26.6. The SMILES string of the molecule is CC(O)(c1ccnc(-c2cccc3nc([C@H](NS(=O)(=O)C4CC4)c4ccccc4Cl)sc23)c1)C(F)(F)F. The second-order valence-electron chi connectivity index (χ2n) is 9.02. The van der Waals surface area contributed by atoms with Gasteiger partial charge >= 0.3 is 6.18 Å². The molecule has 194 valence electrons. The van der Waals surface area contributed by atoms with Crippen LogP contribution in [-0.4, -0.2) is 34.9 Å². The summed E-state index contributed by atoms with van der Waals surface area (Å²) in [6.45, 7) is 0.692. The number of nitrogens with zero attached hydrogens (tertiary/aromatic N) is 2. The van der Waals surface area contributed by atoms with Crippen molar-refractivity contribution in [1.82, 2.24) is 14.7 Å². The molecule has 0 amide bonds. The predicted molar refractivity (Wildman–Crippen MR) is 137 cm³/mol. The van der Waals surface area contributed by atoms with Gasteiger partial charge in [-0.2, -0.15) is 13.2 Å². The molecule has 37 heavy (non-hydrogen) atoms. The molecule has 0 aliphatic heterocycles. The molecular formula is C25H21ClF3N3O3S2. The van der Waals surface area contributed by atoms with Crippen molar-refractivity contribution < 1.29 is 26.7 Å². The summed E-state index contributed by atoms with van der Waals surface area (Å²) in [4.78, 5) is 8.91. The molecule has 0 bridgehead atoms. The van der Waals surface area contributed by atoms with E-state index in [2.05, 4.69) is 14.7 Å². The number of aliphatic hydroxyl groups is 1. The van der Waals surface area contributed by atoms with Crippen LogP contribution < -0.4 is 4.72 Å². The topological polar surface area (TPSA) is 92.2 Å². The van der Waals surface area contributed by atoms with Gasteiger partial charge < -0.3 is 5.11 Å². The zero-order valence-corrected chi connectivity index (χ0v) is 21.7. The fourth-order valence-corrected chi connectivity index (χ4v) is 6.92. The molecular weight excluding hydrogens is 547 g/mol. The first-order chi connectivity index (χ1) is 17.4. The standard InChI is InChI=1S/C25H21ClF3N3O3S2/c1-24(33,25(27,28)29)14-11-12-30-20(13-14)17-6-4-8-19-22(17)36-23(31-19)21(16-5-2-3-7-18(16)26)32-37(34,35)15-9-10-15/h2-8,11-13,15,21,32-33H,9-10H2,1H3/t21-,24?/m1/s1. The Morgan fingerprint density at radius 3 is 2.54 bits per heavy atom. The van der Waals surface area contributed by atoms with Crippen LogP contribution in [0, 0.1) is 0 Å². The van der Waals surface area contributed by atoms with Crippen LogP contribution >= 0.6 is 22.9 Å². The molecule has 5 rings (SSSR count). The monoisotopic (exact) mass is 567 g/mol. The van der Waals surface area contributed by atoms with E-state index in [4.69, 9.17) is 11.6 Å². The van der Waals surface area contributed by atoms with E-state index in [9.17, 15) is 26.7 Å². The van der Waals surface area contributed by atoms with Crippen molar-refractivity contribution >= 4 is 43.2 Å². The molecule has 6 nitrogen and oxygen atoms in total. The highest BCUT2D eigenvalue weighted by molar-refractivity contribution is 7.90. The molecule has 1 fully saturated rings. The Hall–Kier alpha value is -2.57. The van der Waals surface area contributed by atoms with Crippen molar-refractivity contribution in [2.75, 3.05) is 0 Å². The van der Waals surface area contributed by atoms with Crippen LogP contribution in [0.2, 0.25) is 5.02 Å². The molecule has 1 saturated carbocycles. The quantitative estimate of drug-likeness (QED) is 0.288. The van der Waals surface area contributed by atoms with E-state index in [-0.39, 0.29) is 11.3 Å². The lowest BCUT2D eigenvalue weighted by Gasteiger charge is -2.26. The largest absolute Gasteiger partial charge is 0.421 e. The maximum atomic E-state index is 13.4. The summed E-state index contributed by atoms with van der Waals surface area (Å²) in [7, 11) is -3.62. The van der Waals surface area contributed by atoms with Crippen LogP contribution in [-0.2, 0) is 15.6 Å². The van der Waals surface area contributed by atoms with Gasteiger partial charge in [-0.05, 0) is 55.2 Å². The maximum absolute atomic E-state index is 13.4. The second-order valence-corrected chi connectivity index (χ2v) is 12.5. The number of nitrogens with one attached hydrogen (secondary N) is 1. The van der Waals surface area contributed by atoms with Gasteiger partial charge in [-0.25, -0.2) is 18.1 Å². The number of alkyl halides is 3. The molecule has 2 atom stereocenters. The summed E-state index contributed by atoms with van der Waals surface area (Å²) in [6.07, 6.45) is -2.51. The highest BCUT2D eigenvalue weighted by Gasteiger charge is 2.51. The third kappa shape index (κ3) is 4.98. The highest BCUT2D eigenvalue weighted by atomic mass is 35.5. The number of pyridine rings is 1. The van der Waals surface area contributed by atoms with E-state index in [0.29, 0.717) is 51.1 Å². The van der Waals surface area contributed by atoms with Crippen LogP contribution in [0.4, 0.5) is 13.2 Å². The summed E-state index contributed by atoms with van der Waals surface area (Å²) in [5, 5.41) is 10.5. The molecule has 2 heterocycles. The first kappa shape index (κ1) is 26.1. The molecule has 2 aromatic heterocycles. The van der Waals surface area contributed by atoms with Crippen LogP contribution in [0.25, 0.3) is 21.5 Å². The highest BCUT2D eigenvalue weighted by Crippen LogP contribution is 2.42. The van der Waals surface area contributed by atoms with Gasteiger partial charge in [0, 0.05) is 16.8 Å². The third-order valence-corrected chi connectivity index (χ3v) is 9.72. The predicted octanol–water partition coefficient (Wildman–Crippen LogP) is 5.95. The first-order valence-electron chi connectivity index (χ1n) is 11.3. The van der Waals surface area contributed by atoms with Crippen molar-refractivity contribution in [1.29, 1.82) is 0 Å². The van der Waals surface area contributed by atoms with Gasteiger partial charge in [-0.15, -0.1) is 11.3 Å². The lowest BCUT2D eigenvalue weighted by molar-refractivity contribution is -0.258. The average molecular weight is 568 g/mol. The Balaban J connectivity index is 1.62. The van der Waals surface area contributed by atoms with E-state index in [1.165, 1.54) is 23.6 Å². The van der Waals surface area contributed by atoms with E-state index < -0.39 is 33.1 Å². The van der Waals surface area contributed by atoms with Crippen LogP contribution in [0.15, 0.2) is 60.8 Å². The summed E-state index contributed by atoms with van der Waals surface area (Å²) >= 11 is 7.63. The minimum atomic E-state index is -4.88. The average Bonchev–Trinajstić information content (AvgIpc) is 3.62. The Morgan fingerprint density at radius 2 is 1.86 bits per heavy atom. The molecule has 2 aromatic carbocycles. The van der Waals surface area contributed by atoms with E-state index in [0.717, 1.165) is 6.07 Å². The third-order valence-electron chi connectivity index (χ3n) is 6.29. The summed E-state index contributed by atoms with van der Waals surface area (Å²) in [5.74, 6) is 0. The van der Waals surface area contributed by atoms with Crippen molar-refractivity contribution in [3.8, 4) is 11.3 Å². The molecule has 1 aliphatic rings. The van der Waals surface area contributed by atoms with Crippen molar-refractivity contribution in [2.24, 2.45) is 0 Å².